The number of nitrogens with one attached hydrogen (secondary N) is 1. The quantitative estimate of drug-likeness (QED) is 0.581. The summed E-state index contributed by atoms with van der Waals surface area (Å²) in [6.07, 6.45) is 4.40. The summed E-state index contributed by atoms with van der Waals surface area (Å²) in [6.45, 7) is 4.73. The molecule has 1 unspecified atom stereocenters. The summed E-state index contributed by atoms with van der Waals surface area (Å²) in [5, 5.41) is 12.0. The van der Waals surface area contributed by atoms with Crippen LogP contribution in [0.4, 0.5) is 5.69 Å². The molecule has 0 aliphatic carbocycles. The SMILES string of the molecule is CCCn1c(SC(C)C(=O)Nc2ccccc2OC)nnc1-c1ccncc1. The smallest absolute Gasteiger partial charge is 0.237 e. The number of pyridine rings is 1. The van der Waals surface area contributed by atoms with Gasteiger partial charge >= 0.3 is 0 Å². The van der Waals surface area contributed by atoms with Gasteiger partial charge < -0.3 is 14.6 Å². The highest BCUT2D eigenvalue weighted by Crippen LogP contribution is 2.29. The lowest BCUT2D eigenvalue weighted by Crippen LogP contribution is -2.23. The van der Waals surface area contributed by atoms with Gasteiger partial charge in [-0.15, -0.1) is 10.2 Å². The van der Waals surface area contributed by atoms with Crippen LogP contribution < -0.4 is 10.1 Å². The topological polar surface area (TPSA) is 81.9 Å². The Kier molecular flexibility index (Phi) is 6.65. The molecule has 0 bridgehead atoms. The highest BCUT2D eigenvalue weighted by molar-refractivity contribution is 8.00. The summed E-state index contributed by atoms with van der Waals surface area (Å²) in [7, 11) is 1.58. The molecule has 1 atom stereocenters. The van der Waals surface area contributed by atoms with Crippen LogP contribution in [0.25, 0.3) is 11.4 Å². The minimum Gasteiger partial charge on any atom is -0.495 e. The van der Waals surface area contributed by atoms with Gasteiger partial charge in [-0.2, -0.15) is 0 Å². The first-order valence-corrected chi connectivity index (χ1v) is 9.96. The van der Waals surface area contributed by atoms with E-state index >= 15 is 0 Å². The first kappa shape index (κ1) is 19.9. The average molecular weight is 398 g/mol. The number of ether oxygens (including phenoxy) is 1. The van der Waals surface area contributed by atoms with E-state index < -0.39 is 0 Å². The van der Waals surface area contributed by atoms with E-state index in [0.29, 0.717) is 11.4 Å². The number of anilines is 1. The molecule has 8 heteroatoms. The lowest BCUT2D eigenvalue weighted by molar-refractivity contribution is -0.115. The lowest BCUT2D eigenvalue weighted by atomic mass is 10.2. The van der Waals surface area contributed by atoms with Crippen molar-refractivity contribution in [1.29, 1.82) is 0 Å². The van der Waals surface area contributed by atoms with Crippen LogP contribution in [0.5, 0.6) is 5.75 Å². The number of thioether (sulfide) groups is 1. The van der Waals surface area contributed by atoms with Crippen molar-refractivity contribution in [1.82, 2.24) is 19.7 Å². The molecule has 0 saturated heterocycles. The first-order chi connectivity index (χ1) is 13.6. The van der Waals surface area contributed by atoms with Crippen molar-refractivity contribution >= 4 is 23.4 Å². The Morgan fingerprint density at radius 1 is 1.21 bits per heavy atom. The second-order valence-electron chi connectivity index (χ2n) is 6.14. The molecule has 0 radical (unpaired) electrons. The standard InChI is InChI=1S/C20H23N5O2S/c1-4-13-25-18(15-9-11-21-12-10-15)23-24-20(25)28-14(2)19(26)22-16-7-5-6-8-17(16)27-3/h5-12,14H,4,13H2,1-3H3,(H,22,26). The van der Waals surface area contributed by atoms with Crippen LogP contribution in [0.1, 0.15) is 20.3 Å². The Balaban J connectivity index is 1.77. The van der Waals surface area contributed by atoms with Gasteiger partial charge in [0, 0.05) is 24.5 Å². The first-order valence-electron chi connectivity index (χ1n) is 9.08. The normalized spacial score (nSPS) is 11.8. The third-order valence-corrected chi connectivity index (χ3v) is 5.20. The second-order valence-corrected chi connectivity index (χ2v) is 7.45. The van der Waals surface area contributed by atoms with Crippen molar-refractivity contribution < 1.29 is 9.53 Å². The number of hydrogen-bond acceptors (Lipinski definition) is 6. The second kappa shape index (κ2) is 9.36. The monoisotopic (exact) mass is 397 g/mol. The molecule has 28 heavy (non-hydrogen) atoms. The summed E-state index contributed by atoms with van der Waals surface area (Å²) < 4.78 is 7.34. The Hall–Kier alpha value is -2.87. The maximum atomic E-state index is 12.7. The minimum atomic E-state index is -0.352. The average Bonchev–Trinajstić information content (AvgIpc) is 3.11. The zero-order valence-corrected chi connectivity index (χ0v) is 16.9. The van der Waals surface area contributed by atoms with Crippen molar-refractivity contribution in [3.05, 3.63) is 48.8 Å². The van der Waals surface area contributed by atoms with Crippen molar-refractivity contribution in [2.24, 2.45) is 0 Å². The fourth-order valence-electron chi connectivity index (χ4n) is 2.71. The van der Waals surface area contributed by atoms with Gasteiger partial charge in [0.1, 0.15) is 5.75 Å². The van der Waals surface area contributed by atoms with E-state index in [0.717, 1.165) is 29.5 Å². The largest absolute Gasteiger partial charge is 0.495 e. The number of aromatic nitrogens is 4. The van der Waals surface area contributed by atoms with Crippen LogP contribution in [-0.4, -0.2) is 38.0 Å². The van der Waals surface area contributed by atoms with Gasteiger partial charge in [-0.25, -0.2) is 0 Å². The van der Waals surface area contributed by atoms with Crippen LogP contribution in [0.2, 0.25) is 0 Å². The van der Waals surface area contributed by atoms with Crippen LogP contribution >= 0.6 is 11.8 Å². The molecule has 3 aromatic rings. The van der Waals surface area contributed by atoms with Crippen LogP contribution in [0, 0.1) is 0 Å². The summed E-state index contributed by atoms with van der Waals surface area (Å²) in [4.78, 5) is 16.7. The number of amides is 1. The van der Waals surface area contributed by atoms with Crippen LogP contribution in [0.15, 0.2) is 53.9 Å². The van der Waals surface area contributed by atoms with Gasteiger partial charge in [-0.05, 0) is 37.6 Å². The maximum Gasteiger partial charge on any atom is 0.237 e. The van der Waals surface area contributed by atoms with Crippen molar-refractivity contribution in [3.8, 4) is 17.1 Å². The fraction of sp³-hybridized carbons (Fsp3) is 0.300. The Labute approximate surface area is 168 Å². The molecule has 3 rings (SSSR count). The molecule has 0 aliphatic heterocycles. The molecule has 1 N–H and O–H groups in total. The lowest BCUT2D eigenvalue weighted by Gasteiger charge is -2.14. The number of methoxy groups -OCH3 is 1. The van der Waals surface area contributed by atoms with E-state index in [4.69, 9.17) is 4.74 Å². The highest BCUT2D eigenvalue weighted by atomic mass is 32.2. The molecule has 146 valence electrons. The summed E-state index contributed by atoms with van der Waals surface area (Å²) in [6, 6.07) is 11.2. The third kappa shape index (κ3) is 4.51. The molecule has 0 fully saturated rings. The molecule has 1 amide bonds. The number of carbonyl (C=O) groups excluding carboxylic acids is 1. The van der Waals surface area contributed by atoms with Crippen molar-refractivity contribution in [3.63, 3.8) is 0 Å². The van der Waals surface area contributed by atoms with Crippen molar-refractivity contribution in [2.75, 3.05) is 12.4 Å². The van der Waals surface area contributed by atoms with Gasteiger partial charge in [0.2, 0.25) is 5.91 Å². The fourth-order valence-corrected chi connectivity index (χ4v) is 3.58. The van der Waals surface area contributed by atoms with Gasteiger partial charge in [0.25, 0.3) is 0 Å². The van der Waals surface area contributed by atoms with Crippen LogP contribution in [0.3, 0.4) is 0 Å². The molecular formula is C20H23N5O2S. The van der Waals surface area contributed by atoms with Gasteiger partial charge in [-0.1, -0.05) is 30.8 Å². The van der Waals surface area contributed by atoms with Gasteiger partial charge in [0.15, 0.2) is 11.0 Å². The number of para-hydroxylation sites is 2. The number of benzene rings is 1. The predicted octanol–water partition coefficient (Wildman–Crippen LogP) is 3.88. The number of carbonyl (C=O) groups is 1. The molecule has 7 nitrogen and oxygen atoms in total. The summed E-state index contributed by atoms with van der Waals surface area (Å²) in [5.41, 5.74) is 1.60. The number of nitrogens with zero attached hydrogens (tertiary/aromatic N) is 4. The maximum absolute atomic E-state index is 12.7. The number of rotatable bonds is 8. The molecular weight excluding hydrogens is 374 g/mol. The Bertz CT molecular complexity index is 929. The van der Waals surface area contributed by atoms with Crippen LogP contribution in [-0.2, 0) is 11.3 Å². The van der Waals surface area contributed by atoms with E-state index in [2.05, 4.69) is 27.4 Å². The predicted molar refractivity (Wildman–Crippen MR) is 110 cm³/mol. The third-order valence-electron chi connectivity index (χ3n) is 4.12. The van der Waals surface area contributed by atoms with E-state index in [1.165, 1.54) is 11.8 Å². The molecule has 0 aliphatic rings. The van der Waals surface area contributed by atoms with Gasteiger partial charge in [0.05, 0.1) is 18.0 Å². The van der Waals surface area contributed by atoms with E-state index in [9.17, 15) is 4.79 Å². The van der Waals surface area contributed by atoms with E-state index in [1.807, 2.05) is 47.9 Å². The minimum absolute atomic E-state index is 0.119. The Morgan fingerprint density at radius 3 is 2.68 bits per heavy atom. The Morgan fingerprint density at radius 2 is 1.96 bits per heavy atom. The summed E-state index contributed by atoms with van der Waals surface area (Å²) >= 11 is 1.39. The summed E-state index contributed by atoms with van der Waals surface area (Å²) in [5.74, 6) is 1.29. The zero-order chi connectivity index (χ0) is 19.9. The highest BCUT2D eigenvalue weighted by Gasteiger charge is 2.21. The van der Waals surface area contributed by atoms with E-state index in [-0.39, 0.29) is 11.2 Å². The van der Waals surface area contributed by atoms with Crippen molar-refractivity contribution in [2.45, 2.75) is 37.2 Å². The van der Waals surface area contributed by atoms with E-state index in [1.54, 1.807) is 19.5 Å². The molecule has 0 saturated carbocycles. The zero-order valence-electron chi connectivity index (χ0n) is 16.1. The molecule has 2 aromatic heterocycles. The van der Waals surface area contributed by atoms with Gasteiger partial charge in [-0.3, -0.25) is 9.78 Å². The molecule has 0 spiro atoms. The molecule has 2 heterocycles. The molecule has 1 aromatic carbocycles. The number of hydrogen-bond donors (Lipinski definition) is 1.